The molecule has 3 nitrogen and oxygen atoms in total. The summed E-state index contributed by atoms with van der Waals surface area (Å²) in [6.45, 7) is 0. The van der Waals surface area contributed by atoms with Crippen LogP contribution in [-0.4, -0.2) is 25.0 Å². The summed E-state index contributed by atoms with van der Waals surface area (Å²) in [5.74, 6) is -1.55. The molecule has 0 aliphatic heterocycles. The highest BCUT2D eigenvalue weighted by Crippen LogP contribution is 2.56. The van der Waals surface area contributed by atoms with Crippen molar-refractivity contribution in [3.05, 3.63) is 0 Å². The van der Waals surface area contributed by atoms with Gasteiger partial charge in [0.15, 0.2) is 12.0 Å². The Kier molecular flexibility index (Phi) is 1.46. The zero-order chi connectivity index (χ0) is 8.88. The van der Waals surface area contributed by atoms with Gasteiger partial charge in [0.1, 0.15) is 0 Å². The number of ether oxygens (including phenoxy) is 1. The van der Waals surface area contributed by atoms with E-state index >= 15 is 0 Å². The highest BCUT2D eigenvalue weighted by Gasteiger charge is 2.66. The third-order valence-electron chi connectivity index (χ3n) is 2.76. The third kappa shape index (κ3) is 0.806. The maximum atomic E-state index is 12.6. The van der Waals surface area contributed by atoms with Gasteiger partial charge in [0.05, 0.1) is 13.0 Å². The number of ketones is 1. The Morgan fingerprint density at radius 1 is 1.67 bits per heavy atom. The number of rotatable bonds is 1. The van der Waals surface area contributed by atoms with Crippen molar-refractivity contribution in [2.75, 3.05) is 7.11 Å². The van der Waals surface area contributed by atoms with Gasteiger partial charge in [0.2, 0.25) is 0 Å². The quantitative estimate of drug-likeness (QED) is 0.535. The first-order valence-corrected chi connectivity index (χ1v) is 3.92. The molecular weight excluding hydrogens is 163 g/mol. The second kappa shape index (κ2) is 2.28. The molecule has 4 heteroatoms. The number of hydrogen-bond donors (Lipinski definition) is 0. The molecule has 0 N–H and O–H groups in total. The SMILES string of the molecule is COC(=O)C1C2CC(F)C(=O)C21. The fourth-order valence-corrected chi connectivity index (χ4v) is 2.08. The number of halogens is 1. The van der Waals surface area contributed by atoms with E-state index in [0.29, 0.717) is 0 Å². The van der Waals surface area contributed by atoms with Crippen molar-refractivity contribution in [3.63, 3.8) is 0 Å². The number of Topliss-reactive ketones (excluding diaryl/α,β-unsaturated/α-hetero) is 1. The predicted octanol–water partition coefficient (Wildman–Crippen LogP) is 0.333. The maximum Gasteiger partial charge on any atom is 0.309 e. The van der Waals surface area contributed by atoms with Gasteiger partial charge in [-0.2, -0.15) is 0 Å². The summed E-state index contributed by atoms with van der Waals surface area (Å²) in [5.41, 5.74) is 0. The minimum Gasteiger partial charge on any atom is -0.469 e. The lowest BCUT2D eigenvalue weighted by Gasteiger charge is -2.02. The van der Waals surface area contributed by atoms with E-state index in [9.17, 15) is 14.0 Å². The van der Waals surface area contributed by atoms with Crippen LogP contribution in [0.3, 0.4) is 0 Å². The molecule has 66 valence electrons. The standard InChI is InChI=1S/C8H9FO3/c1-12-8(11)6-3-2-4(9)7(10)5(3)6/h3-6H,2H2,1H3. The first-order valence-electron chi connectivity index (χ1n) is 3.92. The first-order chi connectivity index (χ1) is 5.66. The van der Waals surface area contributed by atoms with E-state index < -0.39 is 12.0 Å². The molecule has 0 aromatic carbocycles. The molecular formula is C8H9FO3. The van der Waals surface area contributed by atoms with Gasteiger partial charge in [0, 0.05) is 5.92 Å². The van der Waals surface area contributed by atoms with Crippen molar-refractivity contribution >= 4 is 11.8 Å². The van der Waals surface area contributed by atoms with Gasteiger partial charge in [-0.25, -0.2) is 4.39 Å². The molecule has 0 spiro atoms. The summed E-state index contributed by atoms with van der Waals surface area (Å²) in [5, 5.41) is 0. The summed E-state index contributed by atoms with van der Waals surface area (Å²) in [7, 11) is 1.29. The minimum absolute atomic E-state index is 0.0695. The normalized spacial score (nSPS) is 44.0. The summed E-state index contributed by atoms with van der Waals surface area (Å²) < 4.78 is 17.1. The van der Waals surface area contributed by atoms with Crippen LogP contribution in [0.15, 0.2) is 0 Å². The molecule has 0 saturated heterocycles. The van der Waals surface area contributed by atoms with Gasteiger partial charge >= 0.3 is 5.97 Å². The highest BCUT2D eigenvalue weighted by atomic mass is 19.1. The molecule has 4 atom stereocenters. The number of alkyl halides is 1. The van der Waals surface area contributed by atoms with Crippen LogP contribution in [0.4, 0.5) is 4.39 Å². The Balaban J connectivity index is 2.05. The van der Waals surface area contributed by atoms with Crippen LogP contribution in [0, 0.1) is 17.8 Å². The number of methoxy groups -OCH3 is 1. The van der Waals surface area contributed by atoms with Crippen LogP contribution in [0.2, 0.25) is 0 Å². The van der Waals surface area contributed by atoms with E-state index in [1.807, 2.05) is 0 Å². The van der Waals surface area contributed by atoms with E-state index in [2.05, 4.69) is 4.74 Å². The third-order valence-corrected chi connectivity index (χ3v) is 2.76. The van der Waals surface area contributed by atoms with Gasteiger partial charge < -0.3 is 4.74 Å². The maximum absolute atomic E-state index is 12.6. The molecule has 12 heavy (non-hydrogen) atoms. The van der Waals surface area contributed by atoms with Crippen molar-refractivity contribution in [1.29, 1.82) is 0 Å². The van der Waals surface area contributed by atoms with E-state index in [0.717, 1.165) is 0 Å². The molecule has 0 amide bonds. The van der Waals surface area contributed by atoms with Gasteiger partial charge in [-0.15, -0.1) is 0 Å². The summed E-state index contributed by atoms with van der Waals surface area (Å²) in [6.07, 6.45) is -1.12. The number of carbonyl (C=O) groups excluding carboxylic acids is 2. The molecule has 0 bridgehead atoms. The van der Waals surface area contributed by atoms with Crippen molar-refractivity contribution in [2.24, 2.45) is 17.8 Å². The van der Waals surface area contributed by atoms with E-state index in [1.165, 1.54) is 7.11 Å². The highest BCUT2D eigenvalue weighted by molar-refractivity contribution is 5.97. The Hall–Kier alpha value is -0.930. The number of fused-ring (bicyclic) bond motifs is 1. The van der Waals surface area contributed by atoms with Crippen LogP contribution in [0.1, 0.15) is 6.42 Å². The molecule has 0 radical (unpaired) electrons. The van der Waals surface area contributed by atoms with Gasteiger partial charge in [-0.3, -0.25) is 9.59 Å². The Morgan fingerprint density at radius 3 is 2.75 bits per heavy atom. The average Bonchev–Trinajstić information content (AvgIpc) is 2.68. The predicted molar refractivity (Wildman–Crippen MR) is 37.0 cm³/mol. The monoisotopic (exact) mass is 172 g/mol. The van der Waals surface area contributed by atoms with Crippen LogP contribution in [0.25, 0.3) is 0 Å². The van der Waals surface area contributed by atoms with Crippen molar-refractivity contribution < 1.29 is 18.7 Å². The zero-order valence-electron chi connectivity index (χ0n) is 6.62. The lowest BCUT2D eigenvalue weighted by molar-refractivity contribution is -0.144. The molecule has 2 rings (SSSR count). The molecule has 2 aliphatic rings. The first kappa shape index (κ1) is 7.71. The topological polar surface area (TPSA) is 43.4 Å². The summed E-state index contributed by atoms with van der Waals surface area (Å²) >= 11 is 0. The van der Waals surface area contributed by atoms with Crippen molar-refractivity contribution in [3.8, 4) is 0 Å². The molecule has 0 aromatic heterocycles. The minimum atomic E-state index is -1.33. The zero-order valence-corrected chi connectivity index (χ0v) is 6.62. The number of carbonyl (C=O) groups is 2. The average molecular weight is 172 g/mol. The van der Waals surface area contributed by atoms with Crippen LogP contribution >= 0.6 is 0 Å². The van der Waals surface area contributed by atoms with Crippen LogP contribution in [0.5, 0.6) is 0 Å². The van der Waals surface area contributed by atoms with E-state index in [4.69, 9.17) is 0 Å². The molecule has 2 fully saturated rings. The number of hydrogen-bond acceptors (Lipinski definition) is 3. The summed E-state index contributed by atoms with van der Waals surface area (Å²) in [6, 6.07) is 0. The molecule has 4 unspecified atom stereocenters. The van der Waals surface area contributed by atoms with E-state index in [-0.39, 0.29) is 30.1 Å². The Bertz CT molecular complexity index is 247. The molecule has 0 heterocycles. The Morgan fingerprint density at radius 2 is 2.33 bits per heavy atom. The second-order valence-electron chi connectivity index (χ2n) is 3.34. The molecule has 2 aliphatic carbocycles. The van der Waals surface area contributed by atoms with Gasteiger partial charge in [0.25, 0.3) is 0 Å². The lowest BCUT2D eigenvalue weighted by Crippen LogP contribution is -2.18. The molecule has 0 aromatic rings. The van der Waals surface area contributed by atoms with Crippen LogP contribution in [-0.2, 0) is 14.3 Å². The van der Waals surface area contributed by atoms with Gasteiger partial charge in [-0.1, -0.05) is 0 Å². The van der Waals surface area contributed by atoms with E-state index in [1.54, 1.807) is 0 Å². The van der Waals surface area contributed by atoms with Crippen molar-refractivity contribution in [2.45, 2.75) is 12.6 Å². The lowest BCUT2D eigenvalue weighted by atomic mass is 10.1. The Labute approximate surface area is 68.9 Å². The fraction of sp³-hybridized carbons (Fsp3) is 0.750. The smallest absolute Gasteiger partial charge is 0.309 e. The fourth-order valence-electron chi connectivity index (χ4n) is 2.08. The van der Waals surface area contributed by atoms with Gasteiger partial charge in [-0.05, 0) is 12.3 Å². The summed E-state index contributed by atoms with van der Waals surface area (Å²) in [4.78, 5) is 21.9. The molecule has 2 saturated carbocycles. The largest absolute Gasteiger partial charge is 0.469 e. The second-order valence-corrected chi connectivity index (χ2v) is 3.34. The number of esters is 1. The van der Waals surface area contributed by atoms with Crippen LogP contribution < -0.4 is 0 Å². The van der Waals surface area contributed by atoms with Crippen molar-refractivity contribution in [1.82, 2.24) is 0 Å².